The summed E-state index contributed by atoms with van der Waals surface area (Å²) in [5.74, 6) is -0.605. The zero-order chi connectivity index (χ0) is 19.6. The maximum Gasteiger partial charge on any atom is 0.244 e. The van der Waals surface area contributed by atoms with E-state index in [-0.39, 0.29) is 11.7 Å². The number of rotatable bonds is 5. The molecule has 0 bridgehead atoms. The van der Waals surface area contributed by atoms with Gasteiger partial charge >= 0.3 is 0 Å². The Morgan fingerprint density at radius 2 is 2.19 bits per heavy atom. The Bertz CT molecular complexity index is 943. The smallest absolute Gasteiger partial charge is 0.244 e. The fraction of sp³-hybridized carbons (Fsp3) is 0.444. The quantitative estimate of drug-likeness (QED) is 0.820. The van der Waals surface area contributed by atoms with Crippen LogP contribution in [0.2, 0.25) is 0 Å². The lowest BCUT2D eigenvalue weighted by Gasteiger charge is -2.32. The van der Waals surface area contributed by atoms with E-state index in [9.17, 15) is 17.6 Å². The first-order valence-electron chi connectivity index (χ1n) is 8.71. The molecule has 0 saturated carbocycles. The van der Waals surface area contributed by atoms with Gasteiger partial charge in [0.25, 0.3) is 0 Å². The van der Waals surface area contributed by atoms with Crippen LogP contribution in [0, 0.1) is 12.7 Å². The molecule has 27 heavy (non-hydrogen) atoms. The molecule has 1 fully saturated rings. The van der Waals surface area contributed by atoms with E-state index in [2.05, 4.69) is 10.3 Å². The van der Waals surface area contributed by atoms with E-state index in [0.717, 1.165) is 29.5 Å². The average molecular weight is 412 g/mol. The number of sulfonamides is 1. The lowest BCUT2D eigenvalue weighted by atomic mass is 10.0. The van der Waals surface area contributed by atoms with Crippen LogP contribution in [-0.2, 0) is 21.2 Å². The molecule has 146 valence electrons. The van der Waals surface area contributed by atoms with Crippen molar-refractivity contribution in [3.05, 3.63) is 46.2 Å². The Hall–Kier alpha value is -1.84. The molecule has 0 unspecified atom stereocenters. The molecule has 1 aliphatic heterocycles. The van der Waals surface area contributed by atoms with E-state index in [4.69, 9.17) is 0 Å². The van der Waals surface area contributed by atoms with E-state index >= 15 is 0 Å². The monoisotopic (exact) mass is 411 g/mol. The van der Waals surface area contributed by atoms with Crippen LogP contribution in [0.4, 0.5) is 9.52 Å². The second kappa shape index (κ2) is 8.04. The summed E-state index contributed by atoms with van der Waals surface area (Å²) in [6.07, 6.45) is 5.36. The Labute approximate surface area is 162 Å². The number of carbonyl (C=O) groups is 1. The molecule has 1 aromatic carbocycles. The van der Waals surface area contributed by atoms with Crippen LogP contribution >= 0.6 is 11.3 Å². The zero-order valence-electron chi connectivity index (χ0n) is 15.2. The molecule has 1 amide bonds. The van der Waals surface area contributed by atoms with Gasteiger partial charge in [-0.2, -0.15) is 4.31 Å². The lowest BCUT2D eigenvalue weighted by molar-refractivity contribution is -0.120. The van der Waals surface area contributed by atoms with Crippen molar-refractivity contribution in [1.29, 1.82) is 0 Å². The summed E-state index contributed by atoms with van der Waals surface area (Å²) < 4.78 is 38.8. The molecule has 1 saturated heterocycles. The van der Waals surface area contributed by atoms with Crippen molar-refractivity contribution >= 4 is 32.4 Å². The van der Waals surface area contributed by atoms with Gasteiger partial charge in [-0.3, -0.25) is 4.79 Å². The summed E-state index contributed by atoms with van der Waals surface area (Å²) in [6, 6.07) is 4.39. The number of thiazole rings is 1. The van der Waals surface area contributed by atoms with Crippen LogP contribution in [-0.4, -0.2) is 42.5 Å². The maximum absolute atomic E-state index is 13.7. The third-order valence-electron chi connectivity index (χ3n) is 4.58. The molecule has 2 aromatic rings. The van der Waals surface area contributed by atoms with Gasteiger partial charge in [0.1, 0.15) is 11.9 Å². The first-order chi connectivity index (χ1) is 12.7. The molecular formula is C18H22FN3O3S2. The highest BCUT2D eigenvalue weighted by Gasteiger charge is 2.34. The molecule has 1 N–H and O–H groups in total. The van der Waals surface area contributed by atoms with E-state index in [1.54, 1.807) is 19.2 Å². The number of carbonyl (C=O) groups excluding carboxylic acids is 1. The minimum atomic E-state index is -3.44. The molecule has 0 spiro atoms. The molecule has 6 nitrogen and oxygen atoms in total. The topological polar surface area (TPSA) is 79.4 Å². The van der Waals surface area contributed by atoms with Gasteiger partial charge in [0.2, 0.25) is 15.9 Å². The van der Waals surface area contributed by atoms with E-state index in [1.807, 2.05) is 6.07 Å². The highest BCUT2D eigenvalue weighted by molar-refractivity contribution is 7.88. The number of piperidine rings is 1. The SMILES string of the molecule is Cc1ccc(Cc2cnc(NC(=O)[C@@H]3CCCCN3S(C)(=O)=O)s2)cc1F. The van der Waals surface area contributed by atoms with Crippen LogP contribution in [0.1, 0.15) is 35.3 Å². The van der Waals surface area contributed by atoms with Gasteiger partial charge in [-0.25, -0.2) is 17.8 Å². The van der Waals surface area contributed by atoms with Crippen LogP contribution in [0.15, 0.2) is 24.4 Å². The van der Waals surface area contributed by atoms with Crippen molar-refractivity contribution in [2.24, 2.45) is 0 Å². The van der Waals surface area contributed by atoms with Crippen molar-refractivity contribution in [1.82, 2.24) is 9.29 Å². The molecule has 3 rings (SSSR count). The van der Waals surface area contributed by atoms with Crippen molar-refractivity contribution in [3.8, 4) is 0 Å². The van der Waals surface area contributed by atoms with Gasteiger partial charge in [0.15, 0.2) is 5.13 Å². The Balaban J connectivity index is 1.67. The highest BCUT2D eigenvalue weighted by atomic mass is 32.2. The maximum atomic E-state index is 13.7. The van der Waals surface area contributed by atoms with E-state index in [1.165, 1.54) is 21.7 Å². The summed E-state index contributed by atoms with van der Waals surface area (Å²) in [4.78, 5) is 17.7. The molecule has 1 aromatic heterocycles. The second-order valence-corrected chi connectivity index (χ2v) is 9.82. The number of halogens is 1. The Kier molecular flexibility index (Phi) is 5.92. The summed E-state index contributed by atoms with van der Waals surface area (Å²) in [5.41, 5.74) is 1.43. The predicted octanol–water partition coefficient (Wildman–Crippen LogP) is 2.93. The largest absolute Gasteiger partial charge is 0.301 e. The van der Waals surface area contributed by atoms with Gasteiger partial charge in [-0.05, 0) is 37.0 Å². The van der Waals surface area contributed by atoms with Crippen molar-refractivity contribution in [2.45, 2.75) is 38.6 Å². The number of anilines is 1. The van der Waals surface area contributed by atoms with Crippen molar-refractivity contribution in [2.75, 3.05) is 18.1 Å². The van der Waals surface area contributed by atoms with Gasteiger partial charge in [-0.1, -0.05) is 18.6 Å². The molecule has 2 heterocycles. The number of nitrogens with one attached hydrogen (secondary N) is 1. The highest BCUT2D eigenvalue weighted by Crippen LogP contribution is 2.25. The van der Waals surface area contributed by atoms with Gasteiger partial charge in [-0.15, -0.1) is 11.3 Å². The van der Waals surface area contributed by atoms with Crippen LogP contribution in [0.25, 0.3) is 0 Å². The summed E-state index contributed by atoms with van der Waals surface area (Å²) in [7, 11) is -3.44. The number of amides is 1. The number of nitrogens with zero attached hydrogens (tertiary/aromatic N) is 2. The minimum absolute atomic E-state index is 0.247. The normalized spacial score (nSPS) is 18.4. The number of hydrogen-bond donors (Lipinski definition) is 1. The first-order valence-corrected chi connectivity index (χ1v) is 11.4. The van der Waals surface area contributed by atoms with Gasteiger partial charge < -0.3 is 5.32 Å². The molecule has 1 aliphatic rings. The fourth-order valence-corrected chi connectivity index (χ4v) is 5.12. The number of benzene rings is 1. The fourth-order valence-electron chi connectivity index (χ4n) is 3.15. The minimum Gasteiger partial charge on any atom is -0.301 e. The molecule has 1 atom stereocenters. The van der Waals surface area contributed by atoms with E-state index < -0.39 is 16.1 Å². The molecule has 9 heteroatoms. The summed E-state index contributed by atoms with van der Waals surface area (Å²) >= 11 is 1.31. The van der Waals surface area contributed by atoms with Crippen molar-refractivity contribution < 1.29 is 17.6 Å². The Morgan fingerprint density at radius 1 is 1.41 bits per heavy atom. The summed E-state index contributed by atoms with van der Waals surface area (Å²) in [6.45, 7) is 2.07. The molecular weight excluding hydrogens is 389 g/mol. The summed E-state index contributed by atoms with van der Waals surface area (Å²) in [5, 5.41) is 3.15. The first kappa shape index (κ1) is 19.9. The predicted molar refractivity (Wildman–Crippen MR) is 104 cm³/mol. The standard InChI is InChI=1S/C18H22FN3O3S2/c1-12-6-7-13(10-15(12)19)9-14-11-20-18(26-14)21-17(23)16-5-3-4-8-22(16)27(2,24)25/h6-7,10-11,16H,3-5,8-9H2,1-2H3,(H,20,21,23)/t16-/m0/s1. The second-order valence-electron chi connectivity index (χ2n) is 6.77. The van der Waals surface area contributed by atoms with Crippen molar-refractivity contribution in [3.63, 3.8) is 0 Å². The number of aromatic nitrogens is 1. The molecule has 0 aliphatic carbocycles. The number of aryl methyl sites for hydroxylation is 1. The lowest BCUT2D eigenvalue weighted by Crippen LogP contribution is -2.49. The van der Waals surface area contributed by atoms with Gasteiger partial charge in [0.05, 0.1) is 6.26 Å². The van der Waals surface area contributed by atoms with Crippen LogP contribution in [0.3, 0.4) is 0 Å². The third-order valence-corrected chi connectivity index (χ3v) is 6.78. The third kappa shape index (κ3) is 4.91. The van der Waals surface area contributed by atoms with Crippen LogP contribution < -0.4 is 5.32 Å². The molecule has 0 radical (unpaired) electrons. The average Bonchev–Trinajstić information content (AvgIpc) is 3.04. The zero-order valence-corrected chi connectivity index (χ0v) is 16.9. The van der Waals surface area contributed by atoms with Gasteiger partial charge in [0, 0.05) is 24.0 Å². The van der Waals surface area contributed by atoms with Crippen LogP contribution in [0.5, 0.6) is 0 Å². The number of hydrogen-bond acceptors (Lipinski definition) is 5. The van der Waals surface area contributed by atoms with E-state index in [0.29, 0.717) is 30.1 Å². The Morgan fingerprint density at radius 3 is 2.89 bits per heavy atom.